The van der Waals surface area contributed by atoms with Crippen LogP contribution in [-0.4, -0.2) is 26.0 Å². The summed E-state index contributed by atoms with van der Waals surface area (Å²) in [6.07, 6.45) is 2.54. The molecule has 9 heteroatoms. The Labute approximate surface area is 121 Å². The minimum absolute atomic E-state index is 0.0283. The van der Waals surface area contributed by atoms with Gasteiger partial charge in [-0.3, -0.25) is 10.1 Å². The molecule has 0 saturated carbocycles. The summed E-state index contributed by atoms with van der Waals surface area (Å²) in [5.74, 6) is -1.28. The third-order valence-electron chi connectivity index (χ3n) is 2.19. The van der Waals surface area contributed by atoms with E-state index in [-0.39, 0.29) is 10.6 Å². The maximum Gasteiger partial charge on any atom is 0.337 e. The number of nitrogens with zero attached hydrogens (tertiary/aromatic N) is 3. The molecule has 7 nitrogen and oxygen atoms in total. The first-order valence-electron chi connectivity index (χ1n) is 5.15. The zero-order chi connectivity index (χ0) is 14.7. The summed E-state index contributed by atoms with van der Waals surface area (Å²) in [4.78, 5) is 28.9. The zero-order valence-electron chi connectivity index (χ0n) is 9.69. The Morgan fingerprint density at radius 2 is 2.15 bits per heavy atom. The van der Waals surface area contributed by atoms with Crippen LogP contribution in [0.5, 0.6) is 0 Å². The number of hydrogen-bond donors (Lipinski definition) is 1. The Kier molecular flexibility index (Phi) is 4.16. The first-order chi connectivity index (χ1) is 9.49. The number of nitro groups is 1. The van der Waals surface area contributed by atoms with Crippen molar-refractivity contribution in [2.75, 3.05) is 0 Å². The van der Waals surface area contributed by atoms with Gasteiger partial charge in [0.2, 0.25) is 0 Å². The molecule has 20 heavy (non-hydrogen) atoms. The first-order valence-corrected chi connectivity index (χ1v) is 6.34. The van der Waals surface area contributed by atoms with Gasteiger partial charge in [0, 0.05) is 18.5 Å². The first kappa shape index (κ1) is 14.2. The smallest absolute Gasteiger partial charge is 0.337 e. The van der Waals surface area contributed by atoms with Gasteiger partial charge in [-0.15, -0.1) is 0 Å². The van der Waals surface area contributed by atoms with Crippen LogP contribution in [-0.2, 0) is 0 Å². The van der Waals surface area contributed by atoms with Gasteiger partial charge < -0.3 is 5.11 Å². The molecule has 1 N–H and O–H groups in total. The SMILES string of the molecule is O=C(O)c1cnc(Sc2ncccc2Cl)c([N+](=O)[O-])c1. The summed E-state index contributed by atoms with van der Waals surface area (Å²) in [5.41, 5.74) is -0.662. The van der Waals surface area contributed by atoms with Crippen molar-refractivity contribution in [3.63, 3.8) is 0 Å². The number of aromatic carboxylic acids is 1. The number of halogens is 1. The van der Waals surface area contributed by atoms with Crippen LogP contribution < -0.4 is 0 Å². The Morgan fingerprint density at radius 3 is 2.75 bits per heavy atom. The summed E-state index contributed by atoms with van der Waals surface area (Å²) in [5, 5.41) is 20.5. The lowest BCUT2D eigenvalue weighted by Crippen LogP contribution is -2.01. The fourth-order valence-corrected chi connectivity index (χ4v) is 2.35. The van der Waals surface area contributed by atoms with Crippen molar-refractivity contribution in [3.8, 4) is 0 Å². The maximum absolute atomic E-state index is 11.0. The van der Waals surface area contributed by atoms with Crippen molar-refractivity contribution in [1.29, 1.82) is 0 Å². The zero-order valence-corrected chi connectivity index (χ0v) is 11.3. The van der Waals surface area contributed by atoms with Crippen LogP contribution in [0.25, 0.3) is 0 Å². The summed E-state index contributed by atoms with van der Waals surface area (Å²) in [6.45, 7) is 0. The van der Waals surface area contributed by atoms with Gasteiger partial charge in [-0.25, -0.2) is 14.8 Å². The van der Waals surface area contributed by atoms with Gasteiger partial charge in [-0.1, -0.05) is 11.6 Å². The molecule has 0 aromatic carbocycles. The van der Waals surface area contributed by atoms with Crippen LogP contribution in [0.1, 0.15) is 10.4 Å². The Bertz CT molecular complexity index is 695. The second kappa shape index (κ2) is 5.85. The molecule has 0 unspecified atom stereocenters. The fourth-order valence-electron chi connectivity index (χ4n) is 1.30. The molecule has 0 aliphatic rings. The number of rotatable bonds is 4. The van der Waals surface area contributed by atoms with Crippen molar-refractivity contribution in [2.24, 2.45) is 0 Å². The van der Waals surface area contributed by atoms with E-state index in [0.29, 0.717) is 10.0 Å². The highest BCUT2D eigenvalue weighted by Crippen LogP contribution is 2.35. The molecule has 2 heterocycles. The molecule has 2 aromatic rings. The highest BCUT2D eigenvalue weighted by molar-refractivity contribution is 7.99. The minimum atomic E-state index is -1.28. The van der Waals surface area contributed by atoms with Crippen LogP contribution in [0.3, 0.4) is 0 Å². The second-order valence-electron chi connectivity index (χ2n) is 3.50. The van der Waals surface area contributed by atoms with Crippen LogP contribution in [0, 0.1) is 10.1 Å². The Balaban J connectivity index is 2.44. The quantitative estimate of drug-likeness (QED) is 0.683. The standard InChI is InChI=1S/C11H6ClN3O4S/c12-7-2-1-3-13-9(7)20-10-8(15(18)19)4-6(5-14-10)11(16)17/h1-5H,(H,16,17). The number of carboxylic acid groups (broad SMARTS) is 1. The second-order valence-corrected chi connectivity index (χ2v) is 4.89. The van der Waals surface area contributed by atoms with Gasteiger partial charge in [0.25, 0.3) is 0 Å². The van der Waals surface area contributed by atoms with E-state index in [1.54, 1.807) is 12.1 Å². The van der Waals surface area contributed by atoms with Crippen LogP contribution >= 0.6 is 23.4 Å². The van der Waals surface area contributed by atoms with Crippen molar-refractivity contribution in [3.05, 3.63) is 51.3 Å². The highest BCUT2D eigenvalue weighted by Gasteiger charge is 2.21. The van der Waals surface area contributed by atoms with E-state index in [9.17, 15) is 14.9 Å². The van der Waals surface area contributed by atoms with Crippen LogP contribution in [0.4, 0.5) is 5.69 Å². The molecule has 2 aromatic heterocycles. The minimum Gasteiger partial charge on any atom is -0.478 e. The van der Waals surface area contributed by atoms with Crippen molar-refractivity contribution in [1.82, 2.24) is 9.97 Å². The number of hydrogen-bond acceptors (Lipinski definition) is 6. The van der Waals surface area contributed by atoms with Gasteiger partial charge in [0.05, 0.1) is 15.5 Å². The van der Waals surface area contributed by atoms with Crippen LogP contribution in [0.15, 0.2) is 40.6 Å². The largest absolute Gasteiger partial charge is 0.478 e. The summed E-state index contributed by atoms with van der Waals surface area (Å²) in [7, 11) is 0. The monoisotopic (exact) mass is 311 g/mol. The number of carbonyl (C=O) groups is 1. The molecule has 102 valence electrons. The van der Waals surface area contributed by atoms with E-state index in [0.717, 1.165) is 24.0 Å². The number of pyridine rings is 2. The predicted octanol–water partition coefficient (Wildman–Crippen LogP) is 2.89. The number of carboxylic acids is 1. The lowest BCUT2D eigenvalue weighted by atomic mass is 10.3. The van der Waals surface area contributed by atoms with Crippen LogP contribution in [0.2, 0.25) is 5.02 Å². The van der Waals surface area contributed by atoms with Crippen molar-refractivity contribution < 1.29 is 14.8 Å². The third-order valence-corrected chi connectivity index (χ3v) is 3.64. The summed E-state index contributed by atoms with van der Waals surface area (Å²) < 4.78 is 0. The number of aromatic nitrogens is 2. The molecular formula is C11H6ClN3O4S. The predicted molar refractivity (Wildman–Crippen MR) is 71.2 cm³/mol. The molecule has 0 bridgehead atoms. The average Bonchev–Trinajstić information content (AvgIpc) is 2.41. The van der Waals surface area contributed by atoms with E-state index in [4.69, 9.17) is 16.7 Å². The molecule has 0 aliphatic heterocycles. The highest BCUT2D eigenvalue weighted by atomic mass is 35.5. The molecule has 2 rings (SSSR count). The normalized spacial score (nSPS) is 10.2. The molecule has 0 amide bonds. The lowest BCUT2D eigenvalue weighted by molar-refractivity contribution is -0.388. The molecule has 0 atom stereocenters. The van der Waals surface area contributed by atoms with Gasteiger partial charge >= 0.3 is 11.7 Å². The molecule has 0 aliphatic carbocycles. The van der Waals surface area contributed by atoms with Crippen molar-refractivity contribution >= 4 is 35.0 Å². The van der Waals surface area contributed by atoms with E-state index in [1.165, 1.54) is 6.20 Å². The lowest BCUT2D eigenvalue weighted by Gasteiger charge is -2.03. The Morgan fingerprint density at radius 1 is 1.40 bits per heavy atom. The van der Waals surface area contributed by atoms with E-state index in [1.807, 2.05) is 0 Å². The average molecular weight is 312 g/mol. The summed E-state index contributed by atoms with van der Waals surface area (Å²) >= 11 is 6.81. The molecule has 0 saturated heterocycles. The van der Waals surface area contributed by atoms with Crippen molar-refractivity contribution in [2.45, 2.75) is 10.1 Å². The maximum atomic E-state index is 11.0. The topological polar surface area (TPSA) is 106 Å². The molecular weight excluding hydrogens is 306 g/mol. The van der Waals surface area contributed by atoms with Gasteiger partial charge in [-0.05, 0) is 23.9 Å². The fraction of sp³-hybridized carbons (Fsp3) is 0. The Hall–Kier alpha value is -2.19. The van der Waals surface area contributed by atoms with Gasteiger partial charge in [-0.2, -0.15) is 0 Å². The summed E-state index contributed by atoms with van der Waals surface area (Å²) in [6, 6.07) is 4.17. The van der Waals surface area contributed by atoms with Gasteiger partial charge in [0.1, 0.15) is 5.03 Å². The van der Waals surface area contributed by atoms with E-state index >= 15 is 0 Å². The van der Waals surface area contributed by atoms with E-state index < -0.39 is 16.6 Å². The van der Waals surface area contributed by atoms with Gasteiger partial charge in [0.15, 0.2) is 5.03 Å². The molecule has 0 spiro atoms. The molecule has 0 fully saturated rings. The van der Waals surface area contributed by atoms with E-state index in [2.05, 4.69) is 9.97 Å². The third kappa shape index (κ3) is 3.03. The molecule has 0 radical (unpaired) electrons.